The highest BCUT2D eigenvalue weighted by Crippen LogP contribution is 2.36. The van der Waals surface area contributed by atoms with Crippen molar-refractivity contribution >= 4 is 30.5 Å². The molecular weight excluding hydrogens is 509 g/mol. The zero-order chi connectivity index (χ0) is 30.0. The first-order chi connectivity index (χ1) is 18.4. The third-order valence-corrected chi connectivity index (χ3v) is 7.99. The lowest BCUT2D eigenvalue weighted by atomic mass is 9.81. The third kappa shape index (κ3) is 7.66. The van der Waals surface area contributed by atoms with Crippen LogP contribution in [0, 0.1) is 5.92 Å². The van der Waals surface area contributed by atoms with Crippen LogP contribution in [-0.4, -0.2) is 82.0 Å². The van der Waals surface area contributed by atoms with Crippen molar-refractivity contribution in [2.45, 2.75) is 130 Å². The predicted molar refractivity (Wildman–Crippen MR) is 158 cm³/mol. The molecule has 2 aliphatic rings. The second-order valence-corrected chi connectivity index (χ2v) is 13.7. The molecule has 2 amide bonds. The van der Waals surface area contributed by atoms with Gasteiger partial charge in [-0.15, -0.1) is 0 Å². The Balaban J connectivity index is 1.76. The molecule has 10 nitrogen and oxygen atoms in total. The van der Waals surface area contributed by atoms with Gasteiger partial charge in [-0.05, 0) is 87.5 Å². The standard InChI is InChI=1S/C29H50BN5O5/c1-19(2)23(33-26(37)38-27(5,6)7)24(36)34-15-13-12-14-22(34)18-35(20(3)4)25-31-16-21(17-32-25)30-39-28(8,9)29(10,11)40-30/h16-17,19-20,22-23H,12-15,18H2,1-11H3,(H,33,37). The zero-order valence-corrected chi connectivity index (χ0v) is 26.4. The van der Waals surface area contributed by atoms with Gasteiger partial charge in [-0.25, -0.2) is 14.8 Å². The van der Waals surface area contributed by atoms with Gasteiger partial charge in [-0.2, -0.15) is 0 Å². The van der Waals surface area contributed by atoms with Crippen molar-refractivity contribution in [3.05, 3.63) is 12.4 Å². The van der Waals surface area contributed by atoms with E-state index in [0.29, 0.717) is 19.0 Å². The van der Waals surface area contributed by atoms with E-state index < -0.39 is 36.1 Å². The Morgan fingerprint density at radius 3 is 2.17 bits per heavy atom. The molecule has 0 aliphatic carbocycles. The summed E-state index contributed by atoms with van der Waals surface area (Å²) in [5.74, 6) is 0.432. The number of carbonyl (C=O) groups is 2. The van der Waals surface area contributed by atoms with Crippen molar-refractivity contribution in [2.24, 2.45) is 5.92 Å². The predicted octanol–water partition coefficient (Wildman–Crippen LogP) is 3.92. The minimum atomic E-state index is -0.668. The Labute approximate surface area is 241 Å². The number of carbonyl (C=O) groups excluding carboxylic acids is 2. The van der Waals surface area contributed by atoms with Gasteiger partial charge in [0.15, 0.2) is 0 Å². The lowest BCUT2D eigenvalue weighted by Crippen LogP contribution is -2.58. The summed E-state index contributed by atoms with van der Waals surface area (Å²) >= 11 is 0. The van der Waals surface area contributed by atoms with Crippen LogP contribution in [0.2, 0.25) is 0 Å². The molecule has 2 fully saturated rings. The fraction of sp³-hybridized carbons (Fsp3) is 0.793. The number of nitrogens with one attached hydrogen (secondary N) is 1. The van der Waals surface area contributed by atoms with E-state index >= 15 is 0 Å². The van der Waals surface area contributed by atoms with E-state index in [1.807, 2.05) is 67.2 Å². The molecule has 2 aliphatic heterocycles. The Hall–Kier alpha value is -2.40. The summed E-state index contributed by atoms with van der Waals surface area (Å²) in [7, 11) is -0.525. The zero-order valence-electron chi connectivity index (χ0n) is 26.4. The number of aromatic nitrogens is 2. The van der Waals surface area contributed by atoms with Crippen molar-refractivity contribution in [2.75, 3.05) is 18.0 Å². The number of piperidine rings is 1. The van der Waals surface area contributed by atoms with E-state index in [4.69, 9.17) is 24.0 Å². The number of likely N-dealkylation sites (tertiary alicyclic amines) is 1. The summed E-state index contributed by atoms with van der Waals surface area (Å²) < 4.78 is 17.8. The summed E-state index contributed by atoms with van der Waals surface area (Å²) in [6.45, 7) is 22.8. The molecular formula is C29H50BN5O5. The van der Waals surface area contributed by atoms with Crippen molar-refractivity contribution in [3.8, 4) is 0 Å². The van der Waals surface area contributed by atoms with Gasteiger partial charge < -0.3 is 29.2 Å². The maximum atomic E-state index is 13.8. The number of rotatable bonds is 8. The quantitative estimate of drug-likeness (QED) is 0.478. The highest BCUT2D eigenvalue weighted by Gasteiger charge is 2.52. The number of ether oxygens (including phenoxy) is 1. The van der Waals surface area contributed by atoms with Crippen LogP contribution in [0.5, 0.6) is 0 Å². The van der Waals surface area contributed by atoms with Gasteiger partial charge >= 0.3 is 13.2 Å². The molecule has 0 radical (unpaired) electrons. The molecule has 1 aromatic heterocycles. The average Bonchev–Trinajstić information content (AvgIpc) is 3.06. The maximum absolute atomic E-state index is 13.8. The van der Waals surface area contributed by atoms with Gasteiger partial charge in [-0.3, -0.25) is 4.79 Å². The molecule has 1 aromatic rings. The number of hydrogen-bond donors (Lipinski definition) is 1. The van der Waals surface area contributed by atoms with Crippen molar-refractivity contribution < 1.29 is 23.6 Å². The van der Waals surface area contributed by atoms with E-state index in [9.17, 15) is 9.59 Å². The van der Waals surface area contributed by atoms with Crippen LogP contribution in [0.25, 0.3) is 0 Å². The summed E-state index contributed by atoms with van der Waals surface area (Å²) in [6.07, 6.45) is 5.80. The van der Waals surface area contributed by atoms with E-state index in [0.717, 1.165) is 24.7 Å². The summed E-state index contributed by atoms with van der Waals surface area (Å²) in [5, 5.41) is 2.83. The molecule has 11 heteroatoms. The molecule has 0 bridgehead atoms. The molecule has 2 atom stereocenters. The molecule has 3 heterocycles. The largest absolute Gasteiger partial charge is 0.498 e. The molecule has 3 rings (SSSR count). The van der Waals surface area contributed by atoms with Gasteiger partial charge in [0.25, 0.3) is 0 Å². The Kier molecular flexibility index (Phi) is 9.82. The second kappa shape index (κ2) is 12.2. The summed E-state index contributed by atoms with van der Waals surface area (Å²) in [5.41, 5.74) is -0.751. The molecule has 0 aromatic carbocycles. The first-order valence-electron chi connectivity index (χ1n) is 14.7. The molecule has 1 N–H and O–H groups in total. The highest BCUT2D eigenvalue weighted by atomic mass is 16.7. The van der Waals surface area contributed by atoms with Gasteiger partial charge in [0, 0.05) is 43.0 Å². The number of amides is 2. The molecule has 0 spiro atoms. The van der Waals surface area contributed by atoms with Crippen LogP contribution in [-0.2, 0) is 18.8 Å². The van der Waals surface area contributed by atoms with E-state index in [-0.39, 0.29) is 23.9 Å². The van der Waals surface area contributed by atoms with Gasteiger partial charge in [0.1, 0.15) is 11.6 Å². The Bertz CT molecular complexity index is 1010. The fourth-order valence-electron chi connectivity index (χ4n) is 4.94. The van der Waals surface area contributed by atoms with E-state index in [1.54, 1.807) is 12.4 Å². The number of hydrogen-bond acceptors (Lipinski definition) is 8. The Morgan fingerprint density at radius 2 is 1.68 bits per heavy atom. The minimum absolute atomic E-state index is 0.0308. The number of alkyl carbamates (subject to hydrolysis) is 1. The van der Waals surface area contributed by atoms with Crippen LogP contribution in [0.1, 0.15) is 95.4 Å². The number of nitrogens with zero attached hydrogens (tertiary/aromatic N) is 4. The SMILES string of the molecule is CC(C)C(NC(=O)OC(C)(C)C)C(=O)N1CCCCC1CN(c1ncc(B2OC(C)(C)C(C)(C)O2)cn1)C(C)C. The summed E-state index contributed by atoms with van der Waals surface area (Å²) in [4.78, 5) is 39.8. The van der Waals surface area contributed by atoms with Crippen molar-refractivity contribution in [1.29, 1.82) is 0 Å². The second-order valence-electron chi connectivity index (χ2n) is 13.7. The fourth-order valence-corrected chi connectivity index (χ4v) is 4.94. The van der Waals surface area contributed by atoms with Gasteiger partial charge in [0.05, 0.1) is 11.2 Å². The maximum Gasteiger partial charge on any atom is 0.498 e. The Morgan fingerprint density at radius 1 is 1.10 bits per heavy atom. The summed E-state index contributed by atoms with van der Waals surface area (Å²) in [6, 6.07) is -0.586. The normalized spacial score (nSPS) is 21.5. The highest BCUT2D eigenvalue weighted by molar-refractivity contribution is 6.61. The van der Waals surface area contributed by atoms with E-state index in [1.165, 1.54) is 0 Å². The van der Waals surface area contributed by atoms with Crippen molar-refractivity contribution in [1.82, 2.24) is 20.2 Å². The average molecular weight is 560 g/mol. The van der Waals surface area contributed by atoms with Crippen LogP contribution < -0.4 is 15.7 Å². The van der Waals surface area contributed by atoms with Gasteiger partial charge in [-0.1, -0.05) is 13.8 Å². The lowest BCUT2D eigenvalue weighted by molar-refractivity contribution is -0.138. The van der Waals surface area contributed by atoms with Gasteiger partial charge in [0.2, 0.25) is 11.9 Å². The molecule has 2 unspecified atom stereocenters. The smallest absolute Gasteiger partial charge is 0.444 e. The topological polar surface area (TPSA) is 106 Å². The number of anilines is 1. The van der Waals surface area contributed by atoms with E-state index in [2.05, 4.69) is 24.1 Å². The molecule has 2 saturated heterocycles. The van der Waals surface area contributed by atoms with Crippen LogP contribution in [0.3, 0.4) is 0 Å². The van der Waals surface area contributed by atoms with Crippen LogP contribution in [0.15, 0.2) is 12.4 Å². The lowest BCUT2D eigenvalue weighted by Gasteiger charge is -2.42. The van der Waals surface area contributed by atoms with Crippen LogP contribution in [0.4, 0.5) is 10.7 Å². The third-order valence-electron chi connectivity index (χ3n) is 7.99. The monoisotopic (exact) mass is 559 g/mol. The molecule has 0 saturated carbocycles. The first-order valence-corrected chi connectivity index (χ1v) is 14.7. The minimum Gasteiger partial charge on any atom is -0.444 e. The first kappa shape index (κ1) is 32.1. The molecule has 224 valence electrons. The molecule has 40 heavy (non-hydrogen) atoms. The van der Waals surface area contributed by atoms with Crippen LogP contribution >= 0.6 is 0 Å². The van der Waals surface area contributed by atoms with Crippen molar-refractivity contribution in [3.63, 3.8) is 0 Å².